The van der Waals surface area contributed by atoms with Crippen molar-refractivity contribution in [3.63, 3.8) is 0 Å². The minimum atomic E-state index is 0.514. The Morgan fingerprint density at radius 1 is 0.824 bits per heavy atom. The summed E-state index contributed by atoms with van der Waals surface area (Å²) in [7, 11) is 6.38. The number of thioether (sulfide) groups is 1. The minimum absolute atomic E-state index is 0.514. The van der Waals surface area contributed by atoms with E-state index in [0.717, 1.165) is 27.7 Å². The molecule has 9 heteroatoms. The summed E-state index contributed by atoms with van der Waals surface area (Å²) in [6, 6.07) is 19.2. The fraction of sp³-hybridized carbons (Fsp3) is 0.200. The fourth-order valence-electron chi connectivity index (χ4n) is 3.50. The third-order valence-electron chi connectivity index (χ3n) is 5.14. The summed E-state index contributed by atoms with van der Waals surface area (Å²) >= 11 is 7.73. The predicted molar refractivity (Wildman–Crippen MR) is 134 cm³/mol. The lowest BCUT2D eigenvalue weighted by Gasteiger charge is -2.15. The van der Waals surface area contributed by atoms with Gasteiger partial charge in [-0.15, -0.1) is 10.2 Å². The van der Waals surface area contributed by atoms with Gasteiger partial charge in [0.15, 0.2) is 22.5 Å². The van der Waals surface area contributed by atoms with Gasteiger partial charge in [-0.2, -0.15) is 0 Å². The molecule has 0 aliphatic heterocycles. The second-order valence-electron chi connectivity index (χ2n) is 7.17. The summed E-state index contributed by atoms with van der Waals surface area (Å²) in [4.78, 5) is 0. The van der Waals surface area contributed by atoms with E-state index in [1.165, 1.54) is 0 Å². The van der Waals surface area contributed by atoms with Gasteiger partial charge in [0, 0.05) is 22.0 Å². The third kappa shape index (κ3) is 4.93. The quantitative estimate of drug-likeness (QED) is 0.266. The van der Waals surface area contributed by atoms with Gasteiger partial charge >= 0.3 is 0 Å². The maximum Gasteiger partial charge on any atom is 0.203 e. The molecule has 34 heavy (non-hydrogen) atoms. The van der Waals surface area contributed by atoms with E-state index in [9.17, 15) is 0 Å². The minimum Gasteiger partial charge on any atom is -0.497 e. The van der Waals surface area contributed by atoms with E-state index < -0.39 is 0 Å². The summed E-state index contributed by atoms with van der Waals surface area (Å²) < 4.78 is 23.9. The third-order valence-corrected chi connectivity index (χ3v) is 6.38. The smallest absolute Gasteiger partial charge is 0.203 e. The zero-order valence-electron chi connectivity index (χ0n) is 19.2. The van der Waals surface area contributed by atoms with Crippen molar-refractivity contribution in [1.82, 2.24) is 14.8 Å². The summed E-state index contributed by atoms with van der Waals surface area (Å²) in [5.41, 5.74) is 2.76. The Labute approximate surface area is 207 Å². The van der Waals surface area contributed by atoms with Crippen LogP contribution in [-0.4, -0.2) is 43.2 Å². The molecule has 0 amide bonds. The first-order chi connectivity index (χ1) is 16.6. The van der Waals surface area contributed by atoms with E-state index in [4.69, 9.17) is 30.5 Å². The van der Waals surface area contributed by atoms with Crippen LogP contribution in [0.25, 0.3) is 17.1 Å². The number of hydrogen-bond donors (Lipinski definition) is 0. The number of rotatable bonds is 9. The average Bonchev–Trinajstić information content (AvgIpc) is 3.30. The molecule has 0 radical (unpaired) electrons. The number of nitrogens with zero attached hydrogens (tertiary/aromatic N) is 3. The van der Waals surface area contributed by atoms with Gasteiger partial charge < -0.3 is 18.9 Å². The zero-order chi connectivity index (χ0) is 24.1. The van der Waals surface area contributed by atoms with E-state index in [1.54, 1.807) is 40.2 Å². The molecule has 0 saturated heterocycles. The van der Waals surface area contributed by atoms with Crippen molar-refractivity contribution in [3.05, 3.63) is 71.2 Å². The van der Waals surface area contributed by atoms with Crippen LogP contribution in [0.5, 0.6) is 23.0 Å². The lowest BCUT2D eigenvalue weighted by Crippen LogP contribution is -2.01. The Balaban J connectivity index is 1.81. The van der Waals surface area contributed by atoms with Crippen LogP contribution >= 0.6 is 23.4 Å². The van der Waals surface area contributed by atoms with Crippen LogP contribution in [0.1, 0.15) is 5.56 Å². The highest BCUT2D eigenvalue weighted by molar-refractivity contribution is 7.98. The summed E-state index contributed by atoms with van der Waals surface area (Å²) in [6.45, 7) is 0. The van der Waals surface area contributed by atoms with Crippen molar-refractivity contribution in [2.24, 2.45) is 0 Å². The Morgan fingerprint density at radius 2 is 1.53 bits per heavy atom. The standard InChI is InChI=1S/C25H24ClN3O4S/c1-30-20-10-8-19(9-11-20)29-24(17-13-21(31-2)23(33-4)22(14-17)32-3)27-28-25(29)34-15-16-6-5-7-18(26)12-16/h5-14H,15H2,1-4H3. The molecule has 3 aromatic carbocycles. The molecule has 0 saturated carbocycles. The van der Waals surface area contributed by atoms with Gasteiger partial charge in [-0.1, -0.05) is 35.5 Å². The maximum absolute atomic E-state index is 6.16. The summed E-state index contributed by atoms with van der Waals surface area (Å²) in [6.07, 6.45) is 0. The Kier molecular flexibility index (Phi) is 7.49. The van der Waals surface area contributed by atoms with Gasteiger partial charge in [-0.3, -0.25) is 4.57 Å². The van der Waals surface area contributed by atoms with Gasteiger partial charge in [0.2, 0.25) is 5.75 Å². The summed E-state index contributed by atoms with van der Waals surface area (Å²) in [5.74, 6) is 3.67. The van der Waals surface area contributed by atoms with Gasteiger partial charge in [0.1, 0.15) is 5.75 Å². The SMILES string of the molecule is COc1ccc(-n2c(SCc3cccc(Cl)c3)nnc2-c2cc(OC)c(OC)c(OC)c2)cc1. The first kappa shape index (κ1) is 23.8. The van der Waals surface area contributed by atoms with Gasteiger partial charge in [0.05, 0.1) is 28.4 Å². The number of halogens is 1. The molecule has 1 heterocycles. The largest absolute Gasteiger partial charge is 0.497 e. The molecule has 0 bridgehead atoms. The molecule has 0 fully saturated rings. The van der Waals surface area contributed by atoms with Crippen LogP contribution in [0.3, 0.4) is 0 Å². The Hall–Kier alpha value is -3.36. The van der Waals surface area contributed by atoms with Crippen LogP contribution < -0.4 is 18.9 Å². The van der Waals surface area contributed by atoms with Gasteiger partial charge in [-0.25, -0.2) is 0 Å². The van der Waals surface area contributed by atoms with E-state index in [-0.39, 0.29) is 0 Å². The van der Waals surface area contributed by atoms with Crippen molar-refractivity contribution in [2.45, 2.75) is 10.9 Å². The molecule has 0 aliphatic carbocycles. The lowest BCUT2D eigenvalue weighted by atomic mass is 10.1. The zero-order valence-corrected chi connectivity index (χ0v) is 20.8. The number of hydrogen-bond acceptors (Lipinski definition) is 7. The molecule has 176 valence electrons. The monoisotopic (exact) mass is 497 g/mol. The number of ether oxygens (including phenoxy) is 4. The molecule has 4 rings (SSSR count). The average molecular weight is 498 g/mol. The van der Waals surface area contributed by atoms with Crippen LogP contribution in [0, 0.1) is 0 Å². The lowest BCUT2D eigenvalue weighted by molar-refractivity contribution is 0.324. The first-order valence-electron chi connectivity index (χ1n) is 10.4. The maximum atomic E-state index is 6.16. The van der Waals surface area contributed by atoms with Gasteiger partial charge in [-0.05, 0) is 54.1 Å². The number of methoxy groups -OCH3 is 4. The molecular formula is C25H24ClN3O4S. The van der Waals surface area contributed by atoms with E-state index >= 15 is 0 Å². The van der Waals surface area contributed by atoms with Crippen molar-refractivity contribution in [1.29, 1.82) is 0 Å². The normalized spacial score (nSPS) is 10.7. The molecule has 1 aromatic heterocycles. The Bertz CT molecular complexity index is 1250. The number of aromatic nitrogens is 3. The molecule has 4 aromatic rings. The fourth-order valence-corrected chi connectivity index (χ4v) is 4.61. The van der Waals surface area contributed by atoms with Crippen LogP contribution in [0.2, 0.25) is 5.02 Å². The number of benzene rings is 3. The molecule has 0 N–H and O–H groups in total. The van der Waals surface area contributed by atoms with Crippen molar-refractivity contribution < 1.29 is 18.9 Å². The molecule has 7 nitrogen and oxygen atoms in total. The highest BCUT2D eigenvalue weighted by Crippen LogP contribution is 2.42. The summed E-state index contributed by atoms with van der Waals surface area (Å²) in [5, 5.41) is 10.5. The second-order valence-corrected chi connectivity index (χ2v) is 8.55. The Morgan fingerprint density at radius 3 is 2.12 bits per heavy atom. The van der Waals surface area contributed by atoms with Gasteiger partial charge in [0.25, 0.3) is 0 Å². The molecule has 0 aliphatic rings. The predicted octanol–water partition coefficient (Wildman–Crippen LogP) is 5.91. The molecule has 0 unspecified atom stereocenters. The van der Waals surface area contributed by atoms with Crippen LogP contribution in [0.4, 0.5) is 0 Å². The topological polar surface area (TPSA) is 67.6 Å². The van der Waals surface area contributed by atoms with E-state index in [0.29, 0.717) is 33.8 Å². The highest BCUT2D eigenvalue weighted by atomic mass is 35.5. The van der Waals surface area contributed by atoms with E-state index in [1.807, 2.05) is 65.2 Å². The van der Waals surface area contributed by atoms with Crippen LogP contribution in [-0.2, 0) is 5.75 Å². The van der Waals surface area contributed by atoms with Crippen molar-refractivity contribution in [3.8, 4) is 40.1 Å². The van der Waals surface area contributed by atoms with E-state index in [2.05, 4.69) is 10.2 Å². The molecule has 0 atom stereocenters. The first-order valence-corrected chi connectivity index (χ1v) is 11.7. The van der Waals surface area contributed by atoms with Crippen LogP contribution in [0.15, 0.2) is 65.8 Å². The molecule has 0 spiro atoms. The van der Waals surface area contributed by atoms with Crippen molar-refractivity contribution >= 4 is 23.4 Å². The van der Waals surface area contributed by atoms with Crippen molar-refractivity contribution in [2.75, 3.05) is 28.4 Å². The second kappa shape index (κ2) is 10.7. The highest BCUT2D eigenvalue weighted by Gasteiger charge is 2.21. The molecular weight excluding hydrogens is 474 g/mol.